The molecule has 5 rings (SSSR count). The smallest absolute Gasteiger partial charge is 0.234 e. The highest BCUT2D eigenvalue weighted by atomic mass is 19.1. The number of aliphatic hydroxyl groups is 2. The number of halogens is 2. The van der Waals surface area contributed by atoms with Crippen LogP contribution in [0.3, 0.4) is 0 Å². The Balaban J connectivity index is 0.00000118. The van der Waals surface area contributed by atoms with E-state index >= 15 is 0 Å². The number of rotatable bonds is 13. The molecule has 1 saturated heterocycles. The molecule has 4 aromatic rings. The van der Waals surface area contributed by atoms with Crippen molar-refractivity contribution >= 4 is 5.95 Å². The highest BCUT2D eigenvalue weighted by Gasteiger charge is 2.29. The van der Waals surface area contributed by atoms with Crippen molar-refractivity contribution in [1.82, 2.24) is 30.2 Å². The predicted molar refractivity (Wildman–Crippen MR) is 171 cm³/mol. The molecule has 14 heteroatoms. The lowest BCUT2D eigenvalue weighted by Gasteiger charge is -2.32. The predicted octanol–water partition coefficient (Wildman–Crippen LogP) is 5.79. The Morgan fingerprint density at radius 1 is 1.00 bits per heavy atom. The average molecular weight is 658 g/mol. The first kappa shape index (κ1) is 35.8. The van der Waals surface area contributed by atoms with Gasteiger partial charge in [0, 0.05) is 50.6 Å². The van der Waals surface area contributed by atoms with Gasteiger partial charge in [0.15, 0.2) is 0 Å². The number of aromatic nitrogens is 6. The fourth-order valence-electron chi connectivity index (χ4n) is 4.90. The number of hydrogen-bond donors (Lipinski definition) is 2. The van der Waals surface area contributed by atoms with E-state index < -0.39 is 22.6 Å². The topological polar surface area (TPSA) is 157 Å². The third kappa shape index (κ3) is 9.74. The monoisotopic (exact) mass is 657 g/mol. The summed E-state index contributed by atoms with van der Waals surface area (Å²) in [5, 5.41) is 25.1. The number of piperidine rings is 1. The average Bonchev–Trinajstić information content (AvgIpc) is 3.74. The van der Waals surface area contributed by atoms with E-state index in [1.54, 1.807) is 26.2 Å². The Labute approximate surface area is 273 Å². The number of ether oxygens (including phenoxy) is 1. The molecule has 12 nitrogen and oxygen atoms in total. The van der Waals surface area contributed by atoms with Crippen LogP contribution in [0.1, 0.15) is 78.5 Å². The van der Waals surface area contributed by atoms with Crippen LogP contribution in [-0.2, 0) is 11.8 Å². The molecule has 1 aliphatic heterocycles. The van der Waals surface area contributed by atoms with Crippen LogP contribution in [0.2, 0.25) is 0 Å². The second kappa shape index (κ2) is 16.7. The van der Waals surface area contributed by atoms with Crippen LogP contribution in [0, 0.1) is 23.5 Å². The van der Waals surface area contributed by atoms with Crippen molar-refractivity contribution in [3.05, 3.63) is 47.9 Å². The largest absolute Gasteiger partial charge is 0.493 e. The molecule has 4 heterocycles. The van der Waals surface area contributed by atoms with Gasteiger partial charge in [-0.1, -0.05) is 31.1 Å². The SMILES string of the molecule is CC(C)Cc1nc(-c2cnc(N3CCC(CCCOc4cc(F)c(-c5noc(C(C)(C)CO)n5)c(F)c4)CC3)nc2)no1.CCCO. The maximum Gasteiger partial charge on any atom is 0.234 e. The first-order valence-corrected chi connectivity index (χ1v) is 16.1. The molecule has 3 aromatic heterocycles. The minimum atomic E-state index is -0.847. The van der Waals surface area contributed by atoms with Gasteiger partial charge in [-0.2, -0.15) is 9.97 Å². The van der Waals surface area contributed by atoms with Crippen LogP contribution in [0.25, 0.3) is 22.8 Å². The van der Waals surface area contributed by atoms with E-state index in [-0.39, 0.29) is 24.1 Å². The third-order valence-corrected chi connectivity index (χ3v) is 7.73. The van der Waals surface area contributed by atoms with Crippen LogP contribution < -0.4 is 9.64 Å². The Kier molecular flexibility index (Phi) is 12.7. The zero-order valence-corrected chi connectivity index (χ0v) is 27.7. The Bertz CT molecular complexity index is 1510. The van der Waals surface area contributed by atoms with Crippen molar-refractivity contribution in [2.45, 2.75) is 78.6 Å². The van der Waals surface area contributed by atoms with Crippen molar-refractivity contribution in [3.63, 3.8) is 0 Å². The van der Waals surface area contributed by atoms with Gasteiger partial charge in [-0.05, 0) is 57.8 Å². The lowest BCUT2D eigenvalue weighted by Crippen LogP contribution is -2.34. The number of hydrogen-bond acceptors (Lipinski definition) is 12. The molecule has 1 fully saturated rings. The second-order valence-electron chi connectivity index (χ2n) is 12.8. The van der Waals surface area contributed by atoms with Crippen molar-refractivity contribution < 1.29 is 32.8 Å². The standard InChI is InChI=1S/C30H37F2N7O4.C3H8O/c1-18(2)12-24-35-26(37-42-24)20-15-33-29(34-16-20)39-9-7-19(8-10-39)6-5-11-41-21-13-22(31)25(23(32)14-21)27-36-28(43-38-27)30(3,4)17-40;1-2-3-4/h13-16,18-19,40H,5-12,17H2,1-4H3;4H,2-3H2,1H3. The van der Waals surface area contributed by atoms with E-state index in [2.05, 4.69) is 49.0 Å². The maximum absolute atomic E-state index is 14.8. The maximum atomic E-state index is 14.8. The van der Waals surface area contributed by atoms with Gasteiger partial charge in [0.05, 0.1) is 29.8 Å². The molecular formula is C33H45F2N7O5. The van der Waals surface area contributed by atoms with Gasteiger partial charge in [0.25, 0.3) is 0 Å². The minimum Gasteiger partial charge on any atom is -0.493 e. The van der Waals surface area contributed by atoms with E-state index in [9.17, 15) is 13.9 Å². The molecule has 1 aliphatic rings. The first-order chi connectivity index (χ1) is 22.5. The van der Waals surface area contributed by atoms with Crippen LogP contribution in [0.15, 0.2) is 33.6 Å². The Hall–Kier alpha value is -4.04. The van der Waals surface area contributed by atoms with Crippen molar-refractivity contribution in [1.29, 1.82) is 0 Å². The summed E-state index contributed by atoms with van der Waals surface area (Å²) in [4.78, 5) is 19.7. The quantitative estimate of drug-likeness (QED) is 0.167. The van der Waals surface area contributed by atoms with Gasteiger partial charge in [0.1, 0.15) is 17.4 Å². The summed E-state index contributed by atoms with van der Waals surface area (Å²) in [5.74, 6) is 1.02. The van der Waals surface area contributed by atoms with E-state index in [0.29, 0.717) is 42.7 Å². The number of anilines is 1. The summed E-state index contributed by atoms with van der Waals surface area (Å²) >= 11 is 0. The molecule has 2 N–H and O–H groups in total. The van der Waals surface area contributed by atoms with E-state index in [4.69, 9.17) is 18.9 Å². The summed E-state index contributed by atoms with van der Waals surface area (Å²) in [5.41, 5.74) is -0.504. The molecular weight excluding hydrogens is 612 g/mol. The highest BCUT2D eigenvalue weighted by Crippen LogP contribution is 2.31. The normalized spacial score (nSPS) is 14.0. The lowest BCUT2D eigenvalue weighted by atomic mass is 9.92. The fraction of sp³-hybridized carbons (Fsp3) is 0.576. The minimum absolute atomic E-state index is 0.0939. The van der Waals surface area contributed by atoms with Gasteiger partial charge in [-0.25, -0.2) is 18.7 Å². The molecule has 0 saturated carbocycles. The lowest BCUT2D eigenvalue weighted by molar-refractivity contribution is 0.182. The summed E-state index contributed by atoms with van der Waals surface area (Å²) in [6, 6.07) is 2.25. The van der Waals surface area contributed by atoms with E-state index in [1.807, 2.05) is 6.92 Å². The third-order valence-electron chi connectivity index (χ3n) is 7.73. The van der Waals surface area contributed by atoms with Gasteiger partial charge >= 0.3 is 0 Å². The molecule has 0 unspecified atom stereocenters. The fourth-order valence-corrected chi connectivity index (χ4v) is 4.90. The molecule has 1 aromatic carbocycles. The molecule has 0 atom stereocenters. The molecule has 47 heavy (non-hydrogen) atoms. The van der Waals surface area contributed by atoms with Crippen molar-refractivity contribution in [3.8, 4) is 28.5 Å². The van der Waals surface area contributed by atoms with Crippen LogP contribution >= 0.6 is 0 Å². The van der Waals surface area contributed by atoms with Gasteiger partial charge in [-0.3, -0.25) is 0 Å². The van der Waals surface area contributed by atoms with Gasteiger partial charge < -0.3 is 28.9 Å². The van der Waals surface area contributed by atoms with Gasteiger partial charge in [-0.15, -0.1) is 0 Å². The first-order valence-electron chi connectivity index (χ1n) is 16.1. The van der Waals surface area contributed by atoms with Crippen molar-refractivity contribution in [2.75, 3.05) is 37.8 Å². The molecule has 256 valence electrons. The van der Waals surface area contributed by atoms with Crippen LogP contribution in [0.4, 0.5) is 14.7 Å². The number of benzene rings is 1. The summed E-state index contributed by atoms with van der Waals surface area (Å²) in [6.45, 7) is 11.6. The van der Waals surface area contributed by atoms with Gasteiger partial charge in [0.2, 0.25) is 29.4 Å². The van der Waals surface area contributed by atoms with Crippen LogP contribution in [-0.4, -0.2) is 73.4 Å². The molecule has 0 radical (unpaired) electrons. The zero-order chi connectivity index (χ0) is 34.0. The summed E-state index contributed by atoms with van der Waals surface area (Å²) < 4.78 is 45.7. The molecule has 0 bridgehead atoms. The van der Waals surface area contributed by atoms with E-state index in [0.717, 1.165) is 69.3 Å². The van der Waals surface area contributed by atoms with Crippen molar-refractivity contribution in [2.24, 2.45) is 11.8 Å². The molecule has 0 amide bonds. The van der Waals surface area contributed by atoms with E-state index in [1.165, 1.54) is 0 Å². The van der Waals surface area contributed by atoms with Crippen LogP contribution in [0.5, 0.6) is 5.75 Å². The second-order valence-corrected chi connectivity index (χ2v) is 12.8. The number of nitrogens with zero attached hydrogens (tertiary/aromatic N) is 7. The summed E-state index contributed by atoms with van der Waals surface area (Å²) in [6.07, 6.45) is 8.75. The molecule has 0 aliphatic carbocycles. The zero-order valence-electron chi connectivity index (χ0n) is 27.7. The summed E-state index contributed by atoms with van der Waals surface area (Å²) in [7, 11) is 0. The molecule has 0 spiro atoms. The highest BCUT2D eigenvalue weighted by molar-refractivity contribution is 5.58. The Morgan fingerprint density at radius 3 is 2.23 bits per heavy atom. The Morgan fingerprint density at radius 2 is 1.64 bits per heavy atom. The number of aliphatic hydroxyl groups excluding tert-OH is 2.